The van der Waals surface area contributed by atoms with Crippen LogP contribution in [0.5, 0.6) is 0 Å². The van der Waals surface area contributed by atoms with E-state index < -0.39 is 13.6 Å². The summed E-state index contributed by atoms with van der Waals surface area (Å²) < 4.78 is 5.79. The normalized spacial score (nSPS) is 12.0. The molecule has 1 unspecified atom stereocenters. The molecule has 1 atom stereocenters. The molecule has 288 valence electrons. The lowest BCUT2D eigenvalue weighted by atomic mass is 10.0. The van der Waals surface area contributed by atoms with Crippen LogP contribution in [0.1, 0.15) is 225 Å². The molecule has 50 heavy (non-hydrogen) atoms. The summed E-state index contributed by atoms with van der Waals surface area (Å²) in [4.78, 5) is 41.1. The summed E-state index contributed by atoms with van der Waals surface area (Å²) >= 11 is 0. The quantitative estimate of drug-likeness (QED) is 0.0391. The lowest BCUT2D eigenvalue weighted by Crippen LogP contribution is -2.27. The van der Waals surface area contributed by atoms with Gasteiger partial charge in [0.05, 0.1) is 5.66 Å². The number of esters is 1. The zero-order valence-electron chi connectivity index (χ0n) is 33.2. The molecular formula is C45H79O4P. The lowest BCUT2D eigenvalue weighted by molar-refractivity contribution is -0.145. The SMILES string of the molecule is CCCCCCCCCCCCCCCC(=O)P(C(=O)CCCCCCCCCCCCCCC)C(CCCC)C(=O)OCc1ccccc1. The summed E-state index contributed by atoms with van der Waals surface area (Å²) in [7, 11) is -1.71. The zero-order chi connectivity index (χ0) is 36.3. The van der Waals surface area contributed by atoms with Gasteiger partial charge < -0.3 is 4.74 Å². The summed E-state index contributed by atoms with van der Waals surface area (Å²) in [6.07, 6.45) is 35.8. The van der Waals surface area contributed by atoms with E-state index in [9.17, 15) is 14.4 Å². The maximum absolute atomic E-state index is 13.8. The molecule has 0 bridgehead atoms. The standard InChI is InChI=1S/C45H79O4P/c1-4-7-10-12-14-16-18-20-22-24-26-28-33-38-43(46)50(42(37-9-6-3)45(48)49-40-41-35-31-30-32-36-41)44(47)39-34-29-27-25-23-21-19-17-15-13-11-8-5-2/h30-32,35-36,42H,4-29,33-34,37-40H2,1-3H3. The van der Waals surface area contributed by atoms with Crippen LogP contribution in [0.3, 0.4) is 0 Å². The van der Waals surface area contributed by atoms with Crippen molar-refractivity contribution in [2.45, 2.75) is 232 Å². The first-order valence-electron chi connectivity index (χ1n) is 21.6. The smallest absolute Gasteiger partial charge is 0.314 e. The van der Waals surface area contributed by atoms with Crippen molar-refractivity contribution < 1.29 is 19.1 Å². The molecule has 0 spiro atoms. The third-order valence-electron chi connectivity index (χ3n) is 10.2. The Hall–Kier alpha value is -1.54. The van der Waals surface area contributed by atoms with E-state index >= 15 is 0 Å². The van der Waals surface area contributed by atoms with Crippen LogP contribution in [-0.4, -0.2) is 22.7 Å². The van der Waals surface area contributed by atoms with E-state index in [1.54, 1.807) is 0 Å². The highest BCUT2D eigenvalue weighted by atomic mass is 31.1. The zero-order valence-corrected chi connectivity index (χ0v) is 34.1. The fourth-order valence-electron chi connectivity index (χ4n) is 6.89. The summed E-state index contributed by atoms with van der Waals surface area (Å²) in [6.45, 7) is 6.82. The van der Waals surface area contributed by atoms with Crippen molar-refractivity contribution in [3.63, 3.8) is 0 Å². The number of rotatable bonds is 37. The highest BCUT2D eigenvalue weighted by molar-refractivity contribution is 7.90. The lowest BCUT2D eigenvalue weighted by Gasteiger charge is -2.24. The summed E-state index contributed by atoms with van der Waals surface area (Å²) in [5, 5.41) is 0. The average Bonchev–Trinajstić information content (AvgIpc) is 3.13. The third kappa shape index (κ3) is 25.4. The Morgan fingerprint density at radius 1 is 0.480 bits per heavy atom. The van der Waals surface area contributed by atoms with Crippen LogP contribution in [-0.2, 0) is 25.7 Å². The van der Waals surface area contributed by atoms with Crippen LogP contribution in [0.4, 0.5) is 0 Å². The fourth-order valence-corrected chi connectivity index (χ4v) is 9.39. The van der Waals surface area contributed by atoms with Gasteiger partial charge in [0.15, 0.2) is 11.0 Å². The molecule has 0 saturated heterocycles. The van der Waals surface area contributed by atoms with E-state index in [1.165, 1.54) is 128 Å². The van der Waals surface area contributed by atoms with Gasteiger partial charge in [0.2, 0.25) is 0 Å². The molecule has 5 heteroatoms. The Morgan fingerprint density at radius 2 is 0.820 bits per heavy atom. The van der Waals surface area contributed by atoms with Gasteiger partial charge in [-0.1, -0.05) is 218 Å². The van der Waals surface area contributed by atoms with Gasteiger partial charge in [0.1, 0.15) is 6.61 Å². The van der Waals surface area contributed by atoms with Crippen molar-refractivity contribution in [3.8, 4) is 0 Å². The van der Waals surface area contributed by atoms with Gasteiger partial charge in [0, 0.05) is 20.8 Å². The first kappa shape index (κ1) is 46.5. The highest BCUT2D eigenvalue weighted by Gasteiger charge is 2.38. The molecule has 0 amide bonds. The third-order valence-corrected chi connectivity index (χ3v) is 12.8. The predicted molar refractivity (Wildman–Crippen MR) is 217 cm³/mol. The first-order valence-corrected chi connectivity index (χ1v) is 23.0. The van der Waals surface area contributed by atoms with Crippen molar-refractivity contribution in [2.24, 2.45) is 0 Å². The van der Waals surface area contributed by atoms with Crippen molar-refractivity contribution in [1.82, 2.24) is 0 Å². The van der Waals surface area contributed by atoms with Gasteiger partial charge in [-0.25, -0.2) is 0 Å². The molecule has 0 aliphatic rings. The molecule has 0 fully saturated rings. The summed E-state index contributed by atoms with van der Waals surface area (Å²) in [6, 6.07) is 9.69. The van der Waals surface area contributed by atoms with Gasteiger partial charge in [0.25, 0.3) is 0 Å². The molecular weight excluding hydrogens is 635 g/mol. The number of hydrogen-bond donors (Lipinski definition) is 0. The van der Waals surface area contributed by atoms with Gasteiger partial charge in [-0.05, 0) is 24.8 Å². The van der Waals surface area contributed by atoms with E-state index in [-0.39, 0.29) is 23.6 Å². The first-order chi connectivity index (χ1) is 24.5. The van der Waals surface area contributed by atoms with E-state index in [0.29, 0.717) is 19.3 Å². The second kappa shape index (κ2) is 34.5. The molecule has 0 heterocycles. The summed E-state index contributed by atoms with van der Waals surface area (Å²) in [5.41, 5.74) is 0.370. The molecule has 0 aromatic heterocycles. The maximum Gasteiger partial charge on any atom is 0.314 e. The van der Waals surface area contributed by atoms with Crippen LogP contribution in [0.25, 0.3) is 0 Å². The van der Waals surface area contributed by atoms with Crippen molar-refractivity contribution in [3.05, 3.63) is 35.9 Å². The van der Waals surface area contributed by atoms with Crippen LogP contribution in [0, 0.1) is 0 Å². The number of carbonyl (C=O) groups excluding carboxylic acids is 3. The maximum atomic E-state index is 13.8. The van der Waals surface area contributed by atoms with Crippen molar-refractivity contribution >= 4 is 24.9 Å². The van der Waals surface area contributed by atoms with E-state index in [2.05, 4.69) is 20.8 Å². The molecule has 0 N–H and O–H groups in total. The number of unbranched alkanes of at least 4 members (excludes halogenated alkanes) is 25. The van der Waals surface area contributed by atoms with Crippen LogP contribution in [0.15, 0.2) is 30.3 Å². The molecule has 4 nitrogen and oxygen atoms in total. The monoisotopic (exact) mass is 715 g/mol. The fraction of sp³-hybridized carbons (Fsp3) is 0.800. The Kier molecular flexibility index (Phi) is 32.1. The van der Waals surface area contributed by atoms with Gasteiger partial charge in [-0.2, -0.15) is 0 Å². The minimum absolute atomic E-state index is 0.0283. The molecule has 0 aliphatic heterocycles. The van der Waals surface area contributed by atoms with Gasteiger partial charge in [-0.15, -0.1) is 0 Å². The molecule has 0 radical (unpaired) electrons. The molecule has 1 aromatic carbocycles. The largest absolute Gasteiger partial charge is 0.460 e. The second-order valence-corrected chi connectivity index (χ2v) is 17.3. The molecule has 0 saturated carbocycles. The van der Waals surface area contributed by atoms with Crippen molar-refractivity contribution in [2.75, 3.05) is 0 Å². The number of ether oxygens (including phenoxy) is 1. The molecule has 0 aliphatic carbocycles. The number of benzene rings is 1. The average molecular weight is 715 g/mol. The Labute approximate surface area is 311 Å². The topological polar surface area (TPSA) is 60.4 Å². The Morgan fingerprint density at radius 3 is 1.18 bits per heavy atom. The Bertz CT molecular complexity index is 890. The minimum Gasteiger partial charge on any atom is -0.460 e. The second-order valence-electron chi connectivity index (χ2n) is 14.9. The van der Waals surface area contributed by atoms with Gasteiger partial charge >= 0.3 is 5.97 Å². The van der Waals surface area contributed by atoms with Crippen LogP contribution in [0.2, 0.25) is 0 Å². The van der Waals surface area contributed by atoms with E-state index in [1.807, 2.05) is 30.3 Å². The van der Waals surface area contributed by atoms with Gasteiger partial charge in [-0.3, -0.25) is 14.4 Å². The summed E-state index contributed by atoms with van der Waals surface area (Å²) in [5.74, 6) is -0.356. The number of hydrogen-bond acceptors (Lipinski definition) is 4. The van der Waals surface area contributed by atoms with E-state index in [0.717, 1.165) is 56.9 Å². The predicted octanol–water partition coefficient (Wildman–Crippen LogP) is 14.8. The van der Waals surface area contributed by atoms with Crippen LogP contribution >= 0.6 is 7.92 Å². The van der Waals surface area contributed by atoms with Crippen molar-refractivity contribution in [1.29, 1.82) is 0 Å². The van der Waals surface area contributed by atoms with Crippen LogP contribution < -0.4 is 0 Å². The Balaban J connectivity index is 2.57. The number of carbonyl (C=O) groups is 3. The van der Waals surface area contributed by atoms with E-state index in [4.69, 9.17) is 4.74 Å². The molecule has 1 rings (SSSR count). The minimum atomic E-state index is -1.71. The molecule has 1 aromatic rings. The highest BCUT2D eigenvalue weighted by Crippen LogP contribution is 2.49.